The monoisotopic (exact) mass is 381 g/mol. The predicted molar refractivity (Wildman–Crippen MR) is 91.4 cm³/mol. The van der Waals surface area contributed by atoms with Gasteiger partial charge in [0.2, 0.25) is 0 Å². The molecule has 10 heteroatoms. The van der Waals surface area contributed by atoms with Crippen LogP contribution in [0.4, 0.5) is 0 Å². The Labute approximate surface area is 153 Å². The fourth-order valence-electron chi connectivity index (χ4n) is 2.66. The normalized spacial score (nSPS) is 15.0. The fraction of sp³-hybridized carbons (Fsp3) is 0.250. The number of carboxylic acids is 1. The first-order chi connectivity index (χ1) is 12.0. The fourth-order valence-corrected chi connectivity index (χ4v) is 2.66. The van der Waals surface area contributed by atoms with Crippen LogP contribution in [0, 0.1) is 0 Å². The lowest BCUT2D eigenvalue weighted by Crippen LogP contribution is -2.34. The van der Waals surface area contributed by atoms with Crippen LogP contribution in [0.1, 0.15) is 33.4 Å². The number of H-pyrrole nitrogens is 1. The molecule has 0 radical (unpaired) electrons. The minimum absolute atomic E-state index is 0. The minimum atomic E-state index is -1.26. The van der Waals surface area contributed by atoms with E-state index in [0.717, 1.165) is 5.69 Å². The van der Waals surface area contributed by atoms with Gasteiger partial charge in [0.15, 0.2) is 0 Å². The van der Waals surface area contributed by atoms with Gasteiger partial charge in [-0.3, -0.25) is 19.4 Å². The Hall–Kier alpha value is -2.91. The summed E-state index contributed by atoms with van der Waals surface area (Å²) in [6, 6.07) is 5.42. The Morgan fingerprint density at radius 3 is 2.81 bits per heavy atom. The molecule has 4 N–H and O–H groups in total. The summed E-state index contributed by atoms with van der Waals surface area (Å²) in [7, 11) is 0. The molecule has 138 valence electrons. The summed E-state index contributed by atoms with van der Waals surface area (Å²) in [5, 5.41) is 20.9. The topological polar surface area (TPSA) is 142 Å². The predicted octanol–water partition coefficient (Wildman–Crippen LogP) is 0.526. The Kier molecular flexibility index (Phi) is 5.96. The SMILES string of the molecule is Cl.O=C(O)CNC(=O)c1c(O)c2c([nH]c1=O)C(Cc1ccccn1)OC2. The molecule has 26 heavy (non-hydrogen) atoms. The van der Waals surface area contributed by atoms with Crippen molar-refractivity contribution in [3.63, 3.8) is 0 Å². The summed E-state index contributed by atoms with van der Waals surface area (Å²) in [5.74, 6) is -2.72. The van der Waals surface area contributed by atoms with Gasteiger partial charge in [0.05, 0.1) is 12.3 Å². The summed E-state index contributed by atoms with van der Waals surface area (Å²) in [5.41, 5.74) is 0.116. The Balaban J connectivity index is 0.00000243. The highest BCUT2D eigenvalue weighted by Gasteiger charge is 2.31. The van der Waals surface area contributed by atoms with E-state index in [1.54, 1.807) is 12.3 Å². The molecular formula is C16H16ClN3O6. The summed E-state index contributed by atoms with van der Waals surface area (Å²) >= 11 is 0. The molecule has 1 atom stereocenters. The lowest BCUT2D eigenvalue weighted by Gasteiger charge is -2.11. The highest BCUT2D eigenvalue weighted by Crippen LogP contribution is 2.36. The zero-order valence-corrected chi connectivity index (χ0v) is 14.2. The molecule has 0 aromatic carbocycles. The molecule has 3 heterocycles. The third kappa shape index (κ3) is 3.84. The number of aromatic nitrogens is 2. The first kappa shape index (κ1) is 19.4. The Morgan fingerprint density at radius 1 is 1.38 bits per heavy atom. The second-order valence-electron chi connectivity index (χ2n) is 5.47. The van der Waals surface area contributed by atoms with E-state index in [0.29, 0.717) is 17.7 Å². The number of pyridine rings is 2. The highest BCUT2D eigenvalue weighted by atomic mass is 35.5. The first-order valence-corrected chi connectivity index (χ1v) is 7.47. The van der Waals surface area contributed by atoms with Crippen molar-refractivity contribution in [1.82, 2.24) is 15.3 Å². The number of hydrogen-bond donors (Lipinski definition) is 4. The standard InChI is InChI=1S/C16H15N3O6.ClH/c20-11(21)6-18-15(23)12-14(22)9-7-25-10(13(9)19-16(12)24)5-8-3-1-2-4-17-8;/h1-4,10H,5-7H2,(H,18,23)(H,20,21)(H2,19,22,24);1H. The third-order valence-electron chi connectivity index (χ3n) is 3.82. The van der Waals surface area contributed by atoms with Crippen LogP contribution in [0.2, 0.25) is 0 Å². The summed E-state index contributed by atoms with van der Waals surface area (Å²) in [4.78, 5) is 41.4. The number of carboxylic acid groups (broad SMARTS) is 1. The van der Waals surface area contributed by atoms with Crippen LogP contribution in [0.15, 0.2) is 29.2 Å². The maximum Gasteiger partial charge on any atom is 0.322 e. The van der Waals surface area contributed by atoms with Gasteiger partial charge in [-0.1, -0.05) is 6.07 Å². The lowest BCUT2D eigenvalue weighted by molar-refractivity contribution is -0.135. The van der Waals surface area contributed by atoms with Crippen LogP contribution < -0.4 is 10.9 Å². The molecule has 0 fully saturated rings. The quantitative estimate of drug-likeness (QED) is 0.591. The number of fused-ring (bicyclic) bond motifs is 1. The largest absolute Gasteiger partial charge is 0.506 e. The van der Waals surface area contributed by atoms with Gasteiger partial charge < -0.3 is 25.3 Å². The van der Waals surface area contributed by atoms with Gasteiger partial charge in [-0.15, -0.1) is 12.4 Å². The number of nitrogens with one attached hydrogen (secondary N) is 2. The summed E-state index contributed by atoms with van der Waals surface area (Å²) < 4.78 is 5.60. The molecule has 9 nitrogen and oxygen atoms in total. The maximum atomic E-state index is 12.2. The van der Waals surface area contributed by atoms with Gasteiger partial charge in [-0.05, 0) is 12.1 Å². The number of aromatic amines is 1. The molecule has 2 aromatic heterocycles. The second-order valence-corrected chi connectivity index (χ2v) is 5.47. The molecule has 2 aromatic rings. The molecular weight excluding hydrogens is 366 g/mol. The van der Waals surface area contributed by atoms with Crippen molar-refractivity contribution in [3.8, 4) is 5.75 Å². The minimum Gasteiger partial charge on any atom is -0.506 e. The molecule has 0 bridgehead atoms. The Bertz CT molecular complexity index is 884. The van der Waals surface area contributed by atoms with Crippen LogP contribution in [-0.4, -0.2) is 38.6 Å². The summed E-state index contributed by atoms with van der Waals surface area (Å²) in [6.45, 7) is -0.637. The number of aliphatic carboxylic acids is 1. The number of amides is 1. The number of rotatable bonds is 5. The van der Waals surface area contributed by atoms with E-state index in [-0.39, 0.29) is 19.0 Å². The van der Waals surface area contributed by atoms with E-state index in [2.05, 4.69) is 15.3 Å². The van der Waals surface area contributed by atoms with Crippen molar-refractivity contribution in [3.05, 3.63) is 57.3 Å². The number of ether oxygens (including phenoxy) is 1. The second kappa shape index (κ2) is 7.98. The van der Waals surface area contributed by atoms with Gasteiger partial charge in [-0.2, -0.15) is 0 Å². The van der Waals surface area contributed by atoms with E-state index < -0.39 is 41.4 Å². The molecule has 0 saturated heterocycles. The van der Waals surface area contributed by atoms with E-state index in [1.165, 1.54) is 0 Å². The van der Waals surface area contributed by atoms with Crippen molar-refractivity contribution in [2.45, 2.75) is 19.1 Å². The highest BCUT2D eigenvalue weighted by molar-refractivity contribution is 5.98. The maximum absolute atomic E-state index is 12.2. The van der Waals surface area contributed by atoms with Gasteiger partial charge >= 0.3 is 5.97 Å². The van der Waals surface area contributed by atoms with Gasteiger partial charge in [0.1, 0.15) is 24.0 Å². The van der Waals surface area contributed by atoms with E-state index >= 15 is 0 Å². The number of aromatic hydroxyl groups is 1. The Morgan fingerprint density at radius 2 is 2.15 bits per heavy atom. The van der Waals surface area contributed by atoms with Crippen LogP contribution in [0.3, 0.4) is 0 Å². The molecule has 1 unspecified atom stereocenters. The van der Waals surface area contributed by atoms with Gasteiger partial charge in [0.25, 0.3) is 11.5 Å². The molecule has 3 rings (SSSR count). The number of carbonyl (C=O) groups excluding carboxylic acids is 1. The average molecular weight is 382 g/mol. The average Bonchev–Trinajstić information content (AvgIpc) is 2.97. The van der Waals surface area contributed by atoms with Gasteiger partial charge in [0, 0.05) is 23.9 Å². The van der Waals surface area contributed by atoms with Crippen LogP contribution in [0.25, 0.3) is 0 Å². The molecule has 1 aliphatic rings. The van der Waals surface area contributed by atoms with E-state index in [1.807, 2.05) is 12.1 Å². The lowest BCUT2D eigenvalue weighted by atomic mass is 10.0. The van der Waals surface area contributed by atoms with Crippen molar-refractivity contribution < 1.29 is 24.5 Å². The smallest absolute Gasteiger partial charge is 0.322 e. The molecule has 0 aliphatic carbocycles. The zero-order valence-electron chi connectivity index (χ0n) is 13.4. The molecule has 1 amide bonds. The van der Waals surface area contributed by atoms with Crippen molar-refractivity contribution in [2.24, 2.45) is 0 Å². The van der Waals surface area contributed by atoms with Crippen LogP contribution in [0.5, 0.6) is 5.75 Å². The van der Waals surface area contributed by atoms with Crippen molar-refractivity contribution >= 4 is 24.3 Å². The number of halogens is 1. The van der Waals surface area contributed by atoms with Crippen LogP contribution >= 0.6 is 12.4 Å². The molecule has 1 aliphatic heterocycles. The van der Waals surface area contributed by atoms with Crippen LogP contribution in [-0.2, 0) is 22.6 Å². The third-order valence-corrected chi connectivity index (χ3v) is 3.82. The first-order valence-electron chi connectivity index (χ1n) is 7.47. The number of hydrogen-bond acceptors (Lipinski definition) is 6. The van der Waals surface area contributed by atoms with Gasteiger partial charge in [-0.25, -0.2) is 0 Å². The number of nitrogens with zero attached hydrogens (tertiary/aromatic N) is 1. The summed E-state index contributed by atoms with van der Waals surface area (Å²) in [6.07, 6.45) is 1.54. The number of carbonyl (C=O) groups is 2. The van der Waals surface area contributed by atoms with Crippen molar-refractivity contribution in [2.75, 3.05) is 6.54 Å². The van der Waals surface area contributed by atoms with E-state index in [9.17, 15) is 19.5 Å². The zero-order chi connectivity index (χ0) is 18.0. The van der Waals surface area contributed by atoms with E-state index in [4.69, 9.17) is 9.84 Å². The molecule has 0 saturated carbocycles. The molecule has 0 spiro atoms. The van der Waals surface area contributed by atoms with Crippen molar-refractivity contribution in [1.29, 1.82) is 0 Å².